The molecule has 0 aliphatic heterocycles. The summed E-state index contributed by atoms with van der Waals surface area (Å²) < 4.78 is 20.0. The number of aromatic amines is 1. The second-order valence-electron chi connectivity index (χ2n) is 5.52. The van der Waals surface area contributed by atoms with Gasteiger partial charge >= 0.3 is 5.69 Å². The predicted molar refractivity (Wildman–Crippen MR) is 94.4 cm³/mol. The molecule has 0 aliphatic carbocycles. The summed E-state index contributed by atoms with van der Waals surface area (Å²) in [5, 5.41) is 8.92. The third kappa shape index (κ3) is 5.17. The number of nitrogens with zero attached hydrogens (tertiary/aromatic N) is 2. The van der Waals surface area contributed by atoms with Gasteiger partial charge in [-0.05, 0) is 38.0 Å². The first-order valence-corrected chi connectivity index (χ1v) is 8.68. The number of aromatic nitrogens is 3. The summed E-state index contributed by atoms with van der Waals surface area (Å²) in [7, 11) is 1.59. The van der Waals surface area contributed by atoms with E-state index >= 15 is 0 Å². The number of nitrogens with one attached hydrogen (secondary N) is 2. The summed E-state index contributed by atoms with van der Waals surface area (Å²) in [6.45, 7) is 4.32. The van der Waals surface area contributed by atoms with Crippen molar-refractivity contribution in [3.05, 3.63) is 40.1 Å². The van der Waals surface area contributed by atoms with E-state index in [1.165, 1.54) is 10.6 Å². The molecule has 0 saturated heterocycles. The lowest BCUT2D eigenvalue weighted by Crippen LogP contribution is -2.24. The van der Waals surface area contributed by atoms with Crippen molar-refractivity contribution >= 4 is 23.4 Å². The van der Waals surface area contributed by atoms with E-state index in [0.717, 1.165) is 11.8 Å². The summed E-state index contributed by atoms with van der Waals surface area (Å²) >= 11 is 1.16. The van der Waals surface area contributed by atoms with Crippen LogP contribution >= 0.6 is 11.8 Å². The monoisotopic (exact) mass is 368 g/mol. The molecule has 25 heavy (non-hydrogen) atoms. The number of hydrogen-bond acceptors (Lipinski definition) is 5. The number of ether oxygens (including phenoxy) is 1. The van der Waals surface area contributed by atoms with Crippen molar-refractivity contribution in [2.45, 2.75) is 37.2 Å². The molecule has 0 aliphatic rings. The van der Waals surface area contributed by atoms with Gasteiger partial charge in [-0.15, -0.1) is 5.10 Å². The molecule has 1 aromatic carbocycles. The van der Waals surface area contributed by atoms with Crippen molar-refractivity contribution in [3.63, 3.8) is 0 Å². The van der Waals surface area contributed by atoms with Gasteiger partial charge in [-0.2, -0.15) is 0 Å². The van der Waals surface area contributed by atoms with Crippen molar-refractivity contribution in [1.82, 2.24) is 14.8 Å². The third-order valence-corrected chi connectivity index (χ3v) is 4.63. The van der Waals surface area contributed by atoms with Crippen LogP contribution in [-0.4, -0.2) is 39.6 Å². The predicted octanol–water partition coefficient (Wildman–Crippen LogP) is 2.17. The van der Waals surface area contributed by atoms with E-state index in [-0.39, 0.29) is 17.4 Å². The number of halogens is 1. The van der Waals surface area contributed by atoms with E-state index in [4.69, 9.17) is 4.74 Å². The van der Waals surface area contributed by atoms with Crippen LogP contribution in [0.4, 0.5) is 10.1 Å². The van der Waals surface area contributed by atoms with Gasteiger partial charge in [-0.25, -0.2) is 14.3 Å². The Morgan fingerprint density at radius 1 is 1.52 bits per heavy atom. The van der Waals surface area contributed by atoms with Gasteiger partial charge in [0.1, 0.15) is 5.82 Å². The second-order valence-corrected chi connectivity index (χ2v) is 6.83. The Labute approximate surface area is 149 Å². The van der Waals surface area contributed by atoms with Crippen molar-refractivity contribution in [2.75, 3.05) is 19.0 Å². The molecule has 0 saturated carbocycles. The molecule has 0 unspecified atom stereocenters. The molecular weight excluding hydrogens is 347 g/mol. The van der Waals surface area contributed by atoms with Crippen LogP contribution in [0.3, 0.4) is 0 Å². The number of methoxy groups -OCH3 is 1. The molecule has 1 heterocycles. The second kappa shape index (κ2) is 8.82. The quantitative estimate of drug-likeness (QED) is 0.551. The lowest BCUT2D eigenvalue weighted by atomic mass is 10.2. The van der Waals surface area contributed by atoms with Gasteiger partial charge in [-0.1, -0.05) is 17.8 Å². The zero-order chi connectivity index (χ0) is 18.4. The fourth-order valence-electron chi connectivity index (χ4n) is 2.08. The van der Waals surface area contributed by atoms with Gasteiger partial charge in [0.05, 0.1) is 5.25 Å². The van der Waals surface area contributed by atoms with Gasteiger partial charge in [0, 0.05) is 25.9 Å². The number of thioether (sulfide) groups is 1. The van der Waals surface area contributed by atoms with E-state index in [1.54, 1.807) is 33.1 Å². The number of amides is 1. The maximum Gasteiger partial charge on any atom is 0.343 e. The average molecular weight is 368 g/mol. The Bertz CT molecular complexity index is 790. The summed E-state index contributed by atoms with van der Waals surface area (Å²) in [6.07, 6.45) is 0.659. The molecule has 1 aromatic heterocycles. The van der Waals surface area contributed by atoms with Gasteiger partial charge < -0.3 is 10.1 Å². The van der Waals surface area contributed by atoms with Gasteiger partial charge in [0.2, 0.25) is 5.91 Å². The summed E-state index contributed by atoms with van der Waals surface area (Å²) in [4.78, 5) is 24.1. The first-order chi connectivity index (χ1) is 11.9. The van der Waals surface area contributed by atoms with Crippen molar-refractivity contribution in [3.8, 4) is 0 Å². The minimum Gasteiger partial charge on any atom is -0.385 e. The highest BCUT2D eigenvalue weighted by atomic mass is 32.2. The van der Waals surface area contributed by atoms with Gasteiger partial charge in [0.15, 0.2) is 5.16 Å². The molecule has 0 spiro atoms. The Balaban J connectivity index is 2.01. The molecule has 2 aromatic rings. The van der Waals surface area contributed by atoms with E-state index in [1.807, 2.05) is 0 Å². The fraction of sp³-hybridized carbons (Fsp3) is 0.438. The van der Waals surface area contributed by atoms with Crippen LogP contribution in [0.2, 0.25) is 0 Å². The number of benzene rings is 1. The summed E-state index contributed by atoms with van der Waals surface area (Å²) in [5.41, 5.74) is 0.573. The minimum atomic E-state index is -0.513. The first-order valence-electron chi connectivity index (χ1n) is 7.80. The molecule has 1 amide bonds. The number of carbonyl (C=O) groups is 1. The molecule has 0 radical (unpaired) electrons. The van der Waals surface area contributed by atoms with Crippen LogP contribution in [-0.2, 0) is 16.1 Å². The highest BCUT2D eigenvalue weighted by Gasteiger charge is 2.19. The summed E-state index contributed by atoms with van der Waals surface area (Å²) in [5.74, 6) is -0.676. The van der Waals surface area contributed by atoms with Gasteiger partial charge in [-0.3, -0.25) is 9.36 Å². The number of anilines is 1. The number of aryl methyl sites for hydroxylation is 1. The minimum absolute atomic E-state index is 0.299. The Kier molecular flexibility index (Phi) is 6.77. The van der Waals surface area contributed by atoms with E-state index in [0.29, 0.717) is 36.0 Å². The number of hydrogen-bond donors (Lipinski definition) is 2. The topological polar surface area (TPSA) is 89.0 Å². The number of H-pyrrole nitrogens is 1. The Morgan fingerprint density at radius 2 is 2.28 bits per heavy atom. The normalized spacial score (nSPS) is 12.2. The van der Waals surface area contributed by atoms with Crippen LogP contribution < -0.4 is 11.0 Å². The van der Waals surface area contributed by atoms with Crippen molar-refractivity contribution in [1.29, 1.82) is 0 Å². The van der Waals surface area contributed by atoms with Crippen LogP contribution in [0.1, 0.15) is 18.9 Å². The smallest absolute Gasteiger partial charge is 0.343 e. The zero-order valence-electron chi connectivity index (χ0n) is 14.3. The largest absolute Gasteiger partial charge is 0.385 e. The Hall–Kier alpha value is -2.13. The molecule has 0 fully saturated rings. The molecule has 0 bridgehead atoms. The fourth-order valence-corrected chi connectivity index (χ4v) is 2.97. The zero-order valence-corrected chi connectivity index (χ0v) is 15.2. The van der Waals surface area contributed by atoms with Crippen LogP contribution in [0.25, 0.3) is 0 Å². The van der Waals surface area contributed by atoms with Crippen molar-refractivity contribution in [2.24, 2.45) is 0 Å². The third-order valence-electron chi connectivity index (χ3n) is 3.54. The maximum absolute atomic E-state index is 13.6. The van der Waals surface area contributed by atoms with Gasteiger partial charge in [0.25, 0.3) is 0 Å². The van der Waals surface area contributed by atoms with Crippen LogP contribution in [0.15, 0.2) is 28.2 Å². The SMILES string of the molecule is COCCCn1c(S[C@H](C)C(=O)Nc2ccc(C)c(F)c2)n[nH]c1=O. The number of rotatable bonds is 8. The highest BCUT2D eigenvalue weighted by Crippen LogP contribution is 2.22. The summed E-state index contributed by atoms with van der Waals surface area (Å²) in [6, 6.07) is 4.52. The molecule has 7 nitrogen and oxygen atoms in total. The lowest BCUT2D eigenvalue weighted by molar-refractivity contribution is -0.115. The maximum atomic E-state index is 13.6. The molecule has 136 valence electrons. The van der Waals surface area contributed by atoms with Crippen LogP contribution in [0.5, 0.6) is 0 Å². The average Bonchev–Trinajstić information content (AvgIpc) is 2.91. The van der Waals surface area contributed by atoms with E-state index in [2.05, 4.69) is 15.5 Å². The van der Waals surface area contributed by atoms with E-state index < -0.39 is 5.25 Å². The standard InChI is InChI=1S/C16H21FN4O3S/c1-10-5-6-12(9-13(10)17)18-14(22)11(2)25-16-20-19-15(23)21(16)7-4-8-24-3/h5-6,9,11H,4,7-8H2,1-3H3,(H,18,22)(H,19,23)/t11-/m1/s1. The molecular formula is C16H21FN4O3S. The lowest BCUT2D eigenvalue weighted by Gasteiger charge is -2.12. The molecule has 2 rings (SSSR count). The molecule has 2 N–H and O–H groups in total. The van der Waals surface area contributed by atoms with Crippen molar-refractivity contribution < 1.29 is 13.9 Å². The number of carbonyl (C=O) groups excluding carboxylic acids is 1. The first kappa shape index (κ1) is 19.2. The highest BCUT2D eigenvalue weighted by molar-refractivity contribution is 8.00. The van der Waals surface area contributed by atoms with E-state index in [9.17, 15) is 14.0 Å². The van der Waals surface area contributed by atoms with Crippen LogP contribution in [0, 0.1) is 12.7 Å². The Morgan fingerprint density at radius 3 is 2.96 bits per heavy atom. The molecule has 1 atom stereocenters. The molecule has 9 heteroatoms.